The Morgan fingerprint density at radius 3 is 2.24 bits per heavy atom. The van der Waals surface area contributed by atoms with Crippen molar-refractivity contribution in [2.75, 3.05) is 12.9 Å². The Labute approximate surface area is 177 Å². The minimum atomic E-state index is -0.535. The first-order chi connectivity index (χ1) is 13.9. The molecule has 0 aliphatic carbocycles. The fraction of sp³-hybridized carbons (Fsp3) is 0.391. The van der Waals surface area contributed by atoms with E-state index in [-0.39, 0.29) is 17.9 Å². The fourth-order valence-electron chi connectivity index (χ4n) is 2.83. The van der Waals surface area contributed by atoms with Crippen molar-refractivity contribution in [3.63, 3.8) is 0 Å². The zero-order valence-electron chi connectivity index (χ0n) is 17.6. The summed E-state index contributed by atoms with van der Waals surface area (Å²) < 4.78 is 5.17. The van der Waals surface area contributed by atoms with E-state index in [1.807, 2.05) is 68.4 Å². The maximum absolute atomic E-state index is 13.0. The molecule has 5 nitrogen and oxygen atoms in total. The van der Waals surface area contributed by atoms with E-state index in [4.69, 9.17) is 4.74 Å². The highest BCUT2D eigenvalue weighted by Gasteiger charge is 2.26. The van der Waals surface area contributed by atoms with Gasteiger partial charge in [-0.1, -0.05) is 42.5 Å². The normalized spacial score (nSPS) is 11.8. The third-order valence-electron chi connectivity index (χ3n) is 4.45. The molecular weight excluding hydrogens is 384 g/mol. The number of carbonyl (C=O) groups excluding carboxylic acids is 2. The number of amides is 2. The maximum Gasteiger partial charge on any atom is 0.242 e. The molecule has 0 aromatic heterocycles. The number of ether oxygens (including phenoxy) is 1. The van der Waals surface area contributed by atoms with Crippen LogP contribution in [0.2, 0.25) is 0 Å². The van der Waals surface area contributed by atoms with Crippen LogP contribution in [0.3, 0.4) is 0 Å². The highest BCUT2D eigenvalue weighted by Crippen LogP contribution is 2.18. The first kappa shape index (κ1) is 22.8. The Kier molecular flexibility index (Phi) is 9.06. The summed E-state index contributed by atoms with van der Waals surface area (Å²) >= 11 is 1.55. The number of nitrogens with one attached hydrogen (secondary N) is 1. The van der Waals surface area contributed by atoms with Gasteiger partial charge in [-0.2, -0.15) is 0 Å². The summed E-state index contributed by atoms with van der Waals surface area (Å²) in [6.07, 6.45) is 0. The van der Waals surface area contributed by atoms with E-state index in [0.717, 1.165) is 22.6 Å². The van der Waals surface area contributed by atoms with Crippen LogP contribution >= 0.6 is 11.8 Å². The van der Waals surface area contributed by atoms with Gasteiger partial charge >= 0.3 is 0 Å². The fourth-order valence-corrected chi connectivity index (χ4v) is 3.70. The van der Waals surface area contributed by atoms with Crippen LogP contribution in [0, 0.1) is 0 Å². The molecule has 0 saturated heterocycles. The molecule has 156 valence electrons. The van der Waals surface area contributed by atoms with E-state index in [9.17, 15) is 9.59 Å². The van der Waals surface area contributed by atoms with Crippen molar-refractivity contribution in [3.8, 4) is 5.75 Å². The molecule has 2 aromatic rings. The highest BCUT2D eigenvalue weighted by molar-refractivity contribution is 7.99. The van der Waals surface area contributed by atoms with Gasteiger partial charge in [-0.25, -0.2) is 0 Å². The van der Waals surface area contributed by atoms with Gasteiger partial charge in [-0.05, 0) is 44.0 Å². The van der Waals surface area contributed by atoms with Gasteiger partial charge in [0.15, 0.2) is 0 Å². The molecule has 0 radical (unpaired) electrons. The summed E-state index contributed by atoms with van der Waals surface area (Å²) in [6, 6.07) is 17.1. The van der Waals surface area contributed by atoms with Gasteiger partial charge in [0.1, 0.15) is 11.8 Å². The number of hydrogen-bond donors (Lipinski definition) is 1. The van der Waals surface area contributed by atoms with Gasteiger partial charge < -0.3 is 15.0 Å². The number of carbonyl (C=O) groups is 2. The molecule has 2 aromatic carbocycles. The Balaban J connectivity index is 2.01. The number of rotatable bonds is 10. The standard InChI is InChI=1S/C23H30N2O3S/c1-17(2)24-23(27)18(3)25(14-19-8-6-5-7-9-19)22(26)16-29-15-20-10-12-21(28-4)13-11-20/h5-13,17-18H,14-16H2,1-4H3,(H,24,27)/t18-/m0/s1. The van der Waals surface area contributed by atoms with Crippen molar-refractivity contribution < 1.29 is 14.3 Å². The summed E-state index contributed by atoms with van der Waals surface area (Å²) in [4.78, 5) is 27.2. The lowest BCUT2D eigenvalue weighted by molar-refractivity contribution is -0.138. The predicted molar refractivity (Wildman–Crippen MR) is 119 cm³/mol. The summed E-state index contributed by atoms with van der Waals surface area (Å²) in [5.74, 6) is 1.68. The molecule has 0 heterocycles. The average molecular weight is 415 g/mol. The SMILES string of the molecule is COc1ccc(CSCC(=O)N(Cc2ccccc2)[C@@H](C)C(=O)NC(C)C)cc1. The van der Waals surface area contributed by atoms with Gasteiger partial charge in [0, 0.05) is 18.3 Å². The Bertz CT molecular complexity index is 778. The quantitative estimate of drug-likeness (QED) is 0.641. The molecule has 0 aliphatic heterocycles. The molecule has 0 bridgehead atoms. The molecule has 1 atom stereocenters. The summed E-state index contributed by atoms with van der Waals surface area (Å²) in [7, 11) is 1.64. The molecule has 6 heteroatoms. The maximum atomic E-state index is 13.0. The van der Waals surface area contributed by atoms with Crippen LogP contribution in [0.5, 0.6) is 5.75 Å². The Morgan fingerprint density at radius 2 is 1.66 bits per heavy atom. The van der Waals surface area contributed by atoms with Crippen LogP contribution in [-0.2, 0) is 21.9 Å². The van der Waals surface area contributed by atoms with Crippen LogP contribution in [0.15, 0.2) is 54.6 Å². The van der Waals surface area contributed by atoms with Crippen molar-refractivity contribution >= 4 is 23.6 Å². The topological polar surface area (TPSA) is 58.6 Å². The second kappa shape index (κ2) is 11.5. The molecule has 0 saturated carbocycles. The number of thioether (sulfide) groups is 1. The Hall–Kier alpha value is -2.47. The summed E-state index contributed by atoms with van der Waals surface area (Å²) in [5.41, 5.74) is 2.13. The largest absolute Gasteiger partial charge is 0.497 e. The van der Waals surface area contributed by atoms with Crippen LogP contribution in [0.25, 0.3) is 0 Å². The minimum Gasteiger partial charge on any atom is -0.497 e. The van der Waals surface area contributed by atoms with E-state index in [0.29, 0.717) is 12.3 Å². The molecule has 29 heavy (non-hydrogen) atoms. The zero-order chi connectivity index (χ0) is 21.2. The van der Waals surface area contributed by atoms with Crippen LogP contribution in [-0.4, -0.2) is 41.7 Å². The van der Waals surface area contributed by atoms with Gasteiger partial charge in [-0.3, -0.25) is 9.59 Å². The zero-order valence-corrected chi connectivity index (χ0v) is 18.4. The van der Waals surface area contributed by atoms with Crippen molar-refractivity contribution in [2.45, 2.75) is 45.2 Å². The monoisotopic (exact) mass is 414 g/mol. The van der Waals surface area contributed by atoms with Gasteiger partial charge in [-0.15, -0.1) is 11.8 Å². The molecule has 0 fully saturated rings. The van der Waals surface area contributed by atoms with Gasteiger partial charge in [0.2, 0.25) is 11.8 Å². The molecule has 0 unspecified atom stereocenters. The van der Waals surface area contributed by atoms with E-state index >= 15 is 0 Å². The lowest BCUT2D eigenvalue weighted by Crippen LogP contribution is -2.49. The first-order valence-corrected chi connectivity index (χ1v) is 10.9. The third-order valence-corrected chi connectivity index (χ3v) is 5.44. The minimum absolute atomic E-state index is 0.0306. The molecule has 2 rings (SSSR count). The van der Waals surface area contributed by atoms with Crippen LogP contribution in [0.1, 0.15) is 31.9 Å². The van der Waals surface area contributed by atoms with Crippen molar-refractivity contribution in [1.29, 1.82) is 0 Å². The molecule has 0 aliphatic rings. The van der Waals surface area contributed by atoms with E-state index in [1.165, 1.54) is 0 Å². The van der Waals surface area contributed by atoms with E-state index in [2.05, 4.69) is 5.32 Å². The summed E-state index contributed by atoms with van der Waals surface area (Å²) in [6.45, 7) is 6.03. The molecule has 1 N–H and O–H groups in total. The first-order valence-electron chi connectivity index (χ1n) is 9.75. The summed E-state index contributed by atoms with van der Waals surface area (Å²) in [5, 5.41) is 2.90. The molecule has 2 amide bonds. The van der Waals surface area contributed by atoms with Crippen molar-refractivity contribution in [1.82, 2.24) is 10.2 Å². The van der Waals surface area contributed by atoms with Crippen LogP contribution in [0.4, 0.5) is 0 Å². The van der Waals surface area contributed by atoms with E-state index in [1.54, 1.807) is 30.7 Å². The Morgan fingerprint density at radius 1 is 1.00 bits per heavy atom. The number of benzene rings is 2. The van der Waals surface area contributed by atoms with Gasteiger partial charge in [0.05, 0.1) is 12.9 Å². The number of nitrogens with zero attached hydrogens (tertiary/aromatic N) is 1. The highest BCUT2D eigenvalue weighted by atomic mass is 32.2. The number of hydrogen-bond acceptors (Lipinski definition) is 4. The van der Waals surface area contributed by atoms with Crippen molar-refractivity contribution in [3.05, 3.63) is 65.7 Å². The predicted octanol–water partition coefficient (Wildman–Crippen LogP) is 3.87. The average Bonchev–Trinajstić information content (AvgIpc) is 2.72. The van der Waals surface area contributed by atoms with Gasteiger partial charge in [0.25, 0.3) is 0 Å². The molecule has 0 spiro atoms. The second-order valence-corrected chi connectivity index (χ2v) is 8.17. The second-order valence-electron chi connectivity index (χ2n) is 7.19. The third kappa shape index (κ3) is 7.46. The van der Waals surface area contributed by atoms with Crippen molar-refractivity contribution in [2.24, 2.45) is 0 Å². The lowest BCUT2D eigenvalue weighted by atomic mass is 10.1. The van der Waals surface area contributed by atoms with E-state index < -0.39 is 6.04 Å². The smallest absolute Gasteiger partial charge is 0.242 e. The number of methoxy groups -OCH3 is 1. The lowest BCUT2D eigenvalue weighted by Gasteiger charge is -2.29. The molecular formula is C23H30N2O3S. The van der Waals surface area contributed by atoms with Crippen LogP contribution < -0.4 is 10.1 Å².